The normalized spacial score (nSPS) is 10.1. The molecular formula is C12H11FN4O. The molecule has 1 amide bonds. The van der Waals surface area contributed by atoms with Crippen LogP contribution in [-0.2, 0) is 6.54 Å². The quantitative estimate of drug-likeness (QED) is 0.850. The molecule has 0 saturated carbocycles. The average molecular weight is 246 g/mol. The monoisotopic (exact) mass is 246 g/mol. The van der Waals surface area contributed by atoms with E-state index in [-0.39, 0.29) is 29.8 Å². The molecule has 18 heavy (non-hydrogen) atoms. The maximum atomic E-state index is 12.9. The summed E-state index contributed by atoms with van der Waals surface area (Å²) in [5.41, 5.74) is 6.20. The van der Waals surface area contributed by atoms with Gasteiger partial charge >= 0.3 is 0 Å². The Labute approximate surface area is 103 Å². The van der Waals surface area contributed by atoms with Crippen molar-refractivity contribution in [1.82, 2.24) is 15.5 Å². The lowest BCUT2D eigenvalue weighted by Gasteiger charge is -2.04. The van der Waals surface area contributed by atoms with Crippen molar-refractivity contribution in [2.45, 2.75) is 6.54 Å². The first kappa shape index (κ1) is 12.0. The Balaban J connectivity index is 1.98. The number of hydrogen-bond donors (Lipinski definition) is 2. The minimum atomic E-state index is -0.383. The van der Waals surface area contributed by atoms with E-state index in [1.54, 1.807) is 12.1 Å². The lowest BCUT2D eigenvalue weighted by Crippen LogP contribution is -2.24. The van der Waals surface area contributed by atoms with Gasteiger partial charge in [0.15, 0.2) is 5.69 Å². The summed E-state index contributed by atoms with van der Waals surface area (Å²) in [4.78, 5) is 11.7. The Bertz CT molecular complexity index is 556. The third kappa shape index (κ3) is 3.00. The number of nitrogens with zero attached hydrogens (tertiary/aromatic N) is 2. The van der Waals surface area contributed by atoms with E-state index in [2.05, 4.69) is 15.5 Å². The number of benzene rings is 1. The Morgan fingerprint density at radius 2 is 2.11 bits per heavy atom. The second-order valence-corrected chi connectivity index (χ2v) is 3.66. The van der Waals surface area contributed by atoms with E-state index in [9.17, 15) is 9.18 Å². The van der Waals surface area contributed by atoms with Gasteiger partial charge in [0.2, 0.25) is 0 Å². The standard InChI is InChI=1S/C12H11FN4O/c13-9-3-1-2-8(6-9)7-15-12(18)10-4-5-11(14)17-16-10/h1-6H,7H2,(H2,14,17)(H,15,18). The zero-order valence-corrected chi connectivity index (χ0v) is 9.43. The van der Waals surface area contributed by atoms with Crippen LogP contribution in [0.2, 0.25) is 0 Å². The molecule has 0 fully saturated rings. The molecule has 2 rings (SSSR count). The third-order valence-electron chi connectivity index (χ3n) is 2.26. The fraction of sp³-hybridized carbons (Fsp3) is 0.0833. The molecule has 0 saturated heterocycles. The lowest BCUT2D eigenvalue weighted by atomic mass is 10.2. The van der Waals surface area contributed by atoms with Gasteiger partial charge in [0.05, 0.1) is 0 Å². The predicted octanol–water partition coefficient (Wildman–Crippen LogP) is 1.13. The molecule has 3 N–H and O–H groups in total. The molecular weight excluding hydrogens is 235 g/mol. The maximum absolute atomic E-state index is 12.9. The summed E-state index contributed by atoms with van der Waals surface area (Å²) >= 11 is 0. The van der Waals surface area contributed by atoms with Gasteiger partial charge in [0.1, 0.15) is 11.6 Å². The van der Waals surface area contributed by atoms with E-state index in [0.717, 1.165) is 0 Å². The third-order valence-corrected chi connectivity index (χ3v) is 2.26. The zero-order valence-electron chi connectivity index (χ0n) is 9.43. The largest absolute Gasteiger partial charge is 0.382 e. The minimum absolute atomic E-state index is 0.167. The molecule has 0 aliphatic carbocycles. The van der Waals surface area contributed by atoms with Crippen LogP contribution in [0.3, 0.4) is 0 Å². The number of rotatable bonds is 3. The predicted molar refractivity (Wildman–Crippen MR) is 64.0 cm³/mol. The van der Waals surface area contributed by atoms with Gasteiger partial charge in [0.25, 0.3) is 5.91 Å². The highest BCUT2D eigenvalue weighted by molar-refractivity contribution is 5.92. The van der Waals surface area contributed by atoms with E-state index >= 15 is 0 Å². The van der Waals surface area contributed by atoms with Crippen LogP contribution in [0.25, 0.3) is 0 Å². The molecule has 0 radical (unpaired) electrons. The van der Waals surface area contributed by atoms with E-state index in [1.807, 2.05) is 0 Å². The fourth-order valence-electron chi connectivity index (χ4n) is 1.38. The van der Waals surface area contributed by atoms with Crippen molar-refractivity contribution in [1.29, 1.82) is 0 Å². The van der Waals surface area contributed by atoms with Crippen LogP contribution in [-0.4, -0.2) is 16.1 Å². The summed E-state index contributed by atoms with van der Waals surface area (Å²) in [6.07, 6.45) is 0. The number of anilines is 1. The second-order valence-electron chi connectivity index (χ2n) is 3.66. The number of aromatic nitrogens is 2. The molecule has 1 aromatic heterocycles. The summed E-state index contributed by atoms with van der Waals surface area (Å²) in [6.45, 7) is 0.225. The van der Waals surface area contributed by atoms with Crippen molar-refractivity contribution < 1.29 is 9.18 Å². The number of nitrogens with one attached hydrogen (secondary N) is 1. The molecule has 0 aliphatic heterocycles. The lowest BCUT2D eigenvalue weighted by molar-refractivity contribution is 0.0945. The van der Waals surface area contributed by atoms with Crippen LogP contribution in [0.1, 0.15) is 16.1 Å². The van der Waals surface area contributed by atoms with Gasteiger partial charge in [-0.3, -0.25) is 4.79 Å². The van der Waals surface area contributed by atoms with Crippen molar-refractivity contribution in [3.05, 3.63) is 53.5 Å². The summed E-state index contributed by atoms with van der Waals surface area (Å²) in [7, 11) is 0. The Hall–Kier alpha value is -2.50. The van der Waals surface area contributed by atoms with Gasteiger partial charge in [0, 0.05) is 6.54 Å². The first-order valence-electron chi connectivity index (χ1n) is 5.27. The first-order valence-corrected chi connectivity index (χ1v) is 5.27. The van der Waals surface area contributed by atoms with Gasteiger partial charge in [-0.1, -0.05) is 12.1 Å². The van der Waals surface area contributed by atoms with Crippen LogP contribution >= 0.6 is 0 Å². The van der Waals surface area contributed by atoms with Crippen molar-refractivity contribution in [2.75, 3.05) is 5.73 Å². The Kier molecular flexibility index (Phi) is 3.47. The molecule has 0 aliphatic rings. The number of halogens is 1. The zero-order chi connectivity index (χ0) is 13.0. The van der Waals surface area contributed by atoms with Crippen LogP contribution < -0.4 is 11.1 Å². The van der Waals surface area contributed by atoms with E-state index in [1.165, 1.54) is 24.3 Å². The van der Waals surface area contributed by atoms with Crippen LogP contribution in [0, 0.1) is 5.82 Å². The Morgan fingerprint density at radius 1 is 1.28 bits per heavy atom. The van der Waals surface area contributed by atoms with Gasteiger partial charge < -0.3 is 11.1 Å². The van der Waals surface area contributed by atoms with Crippen LogP contribution in [0.4, 0.5) is 10.2 Å². The molecule has 2 aromatic rings. The van der Waals surface area contributed by atoms with Crippen molar-refractivity contribution in [3.8, 4) is 0 Å². The molecule has 92 valence electrons. The number of hydrogen-bond acceptors (Lipinski definition) is 4. The molecule has 0 bridgehead atoms. The van der Waals surface area contributed by atoms with Gasteiger partial charge in [-0.15, -0.1) is 10.2 Å². The molecule has 1 heterocycles. The maximum Gasteiger partial charge on any atom is 0.272 e. The fourth-order valence-corrected chi connectivity index (χ4v) is 1.38. The van der Waals surface area contributed by atoms with Gasteiger partial charge in [-0.05, 0) is 29.8 Å². The number of carbonyl (C=O) groups is 1. The first-order chi connectivity index (χ1) is 8.65. The number of carbonyl (C=O) groups excluding carboxylic acids is 1. The second kappa shape index (κ2) is 5.22. The topological polar surface area (TPSA) is 80.9 Å². The summed E-state index contributed by atoms with van der Waals surface area (Å²) < 4.78 is 12.9. The van der Waals surface area contributed by atoms with Gasteiger partial charge in [-0.25, -0.2) is 4.39 Å². The number of amides is 1. The minimum Gasteiger partial charge on any atom is -0.382 e. The Morgan fingerprint density at radius 3 is 2.78 bits per heavy atom. The van der Waals surface area contributed by atoms with E-state index < -0.39 is 0 Å². The number of nitrogens with two attached hydrogens (primary N) is 1. The summed E-state index contributed by atoms with van der Waals surface area (Å²) in [6, 6.07) is 8.97. The van der Waals surface area contributed by atoms with Crippen LogP contribution in [0.5, 0.6) is 0 Å². The molecule has 0 unspecified atom stereocenters. The van der Waals surface area contributed by atoms with Crippen molar-refractivity contribution >= 4 is 11.7 Å². The molecule has 5 nitrogen and oxygen atoms in total. The highest BCUT2D eigenvalue weighted by atomic mass is 19.1. The molecule has 0 spiro atoms. The summed E-state index contributed by atoms with van der Waals surface area (Å²) in [5, 5.41) is 9.84. The van der Waals surface area contributed by atoms with E-state index in [4.69, 9.17) is 5.73 Å². The highest BCUT2D eigenvalue weighted by Gasteiger charge is 2.07. The van der Waals surface area contributed by atoms with Crippen molar-refractivity contribution in [3.63, 3.8) is 0 Å². The average Bonchev–Trinajstić information content (AvgIpc) is 2.37. The molecule has 0 atom stereocenters. The van der Waals surface area contributed by atoms with Crippen molar-refractivity contribution in [2.24, 2.45) is 0 Å². The number of nitrogen functional groups attached to an aromatic ring is 1. The molecule has 1 aromatic carbocycles. The highest BCUT2D eigenvalue weighted by Crippen LogP contribution is 2.03. The smallest absolute Gasteiger partial charge is 0.272 e. The SMILES string of the molecule is Nc1ccc(C(=O)NCc2cccc(F)c2)nn1. The molecule has 6 heteroatoms. The van der Waals surface area contributed by atoms with E-state index in [0.29, 0.717) is 5.56 Å². The van der Waals surface area contributed by atoms with Crippen LogP contribution in [0.15, 0.2) is 36.4 Å². The summed E-state index contributed by atoms with van der Waals surface area (Å²) in [5.74, 6) is -0.475. The van der Waals surface area contributed by atoms with Gasteiger partial charge in [-0.2, -0.15) is 0 Å².